The Morgan fingerprint density at radius 1 is 1.06 bits per heavy atom. The van der Waals surface area contributed by atoms with E-state index >= 15 is 0 Å². The zero-order valence-electron chi connectivity index (χ0n) is 19.5. The van der Waals surface area contributed by atoms with Gasteiger partial charge in [0, 0.05) is 56.5 Å². The maximum atomic E-state index is 12.9. The number of hydrogen-bond acceptors (Lipinski definition) is 6. The fraction of sp³-hybridized carbons (Fsp3) is 0.500. The highest BCUT2D eigenvalue weighted by atomic mass is 16.5. The molecule has 176 valence electrons. The van der Waals surface area contributed by atoms with Crippen molar-refractivity contribution in [3.63, 3.8) is 0 Å². The molecule has 2 fully saturated rings. The van der Waals surface area contributed by atoms with Crippen LogP contribution in [0.15, 0.2) is 30.3 Å². The topological polar surface area (TPSA) is 88.1 Å². The first-order valence-corrected chi connectivity index (χ1v) is 11.5. The Morgan fingerprint density at radius 3 is 2.45 bits per heavy atom. The summed E-state index contributed by atoms with van der Waals surface area (Å²) in [4.78, 5) is 39.5. The zero-order valence-corrected chi connectivity index (χ0v) is 19.5. The number of carbonyl (C=O) groups is 2. The van der Waals surface area contributed by atoms with E-state index in [4.69, 9.17) is 9.47 Å². The third-order valence-electron chi connectivity index (χ3n) is 5.91. The van der Waals surface area contributed by atoms with Crippen molar-refractivity contribution in [3.8, 4) is 11.6 Å². The van der Waals surface area contributed by atoms with E-state index in [1.54, 1.807) is 9.80 Å². The van der Waals surface area contributed by atoms with E-state index in [0.717, 1.165) is 30.0 Å². The molecule has 0 saturated carbocycles. The molecule has 0 bridgehead atoms. The third-order valence-corrected chi connectivity index (χ3v) is 5.91. The van der Waals surface area contributed by atoms with Gasteiger partial charge in [-0.1, -0.05) is 0 Å². The molecule has 0 aliphatic carbocycles. The van der Waals surface area contributed by atoms with E-state index in [1.807, 2.05) is 56.0 Å². The number of amides is 3. The lowest BCUT2D eigenvalue weighted by Crippen LogP contribution is -2.47. The lowest BCUT2D eigenvalue weighted by atomic mass is 10.1. The van der Waals surface area contributed by atoms with Crippen molar-refractivity contribution in [2.75, 3.05) is 44.2 Å². The van der Waals surface area contributed by atoms with Crippen LogP contribution in [0.4, 0.5) is 10.5 Å². The fourth-order valence-corrected chi connectivity index (χ4v) is 4.26. The minimum Gasteiger partial charge on any atom is -0.494 e. The molecule has 9 heteroatoms. The van der Waals surface area contributed by atoms with Gasteiger partial charge >= 0.3 is 6.03 Å². The summed E-state index contributed by atoms with van der Waals surface area (Å²) in [6.45, 7) is 8.70. The molecule has 0 N–H and O–H groups in total. The van der Waals surface area contributed by atoms with Crippen LogP contribution in [-0.2, 0) is 4.79 Å². The molecule has 0 unspecified atom stereocenters. The number of piperidine rings is 1. The van der Waals surface area contributed by atoms with Crippen LogP contribution < -0.4 is 14.4 Å². The van der Waals surface area contributed by atoms with Crippen molar-refractivity contribution in [3.05, 3.63) is 41.9 Å². The third kappa shape index (κ3) is 5.53. The first-order chi connectivity index (χ1) is 15.9. The number of anilines is 1. The summed E-state index contributed by atoms with van der Waals surface area (Å²) in [6, 6.07) is 9.16. The van der Waals surface area contributed by atoms with Crippen LogP contribution in [-0.4, -0.2) is 77.1 Å². The molecular weight excluding hydrogens is 422 g/mol. The molecule has 2 saturated heterocycles. The van der Waals surface area contributed by atoms with Crippen LogP contribution in [0.5, 0.6) is 11.6 Å². The Bertz CT molecular complexity index is 969. The van der Waals surface area contributed by atoms with Gasteiger partial charge in [-0.05, 0) is 45.0 Å². The van der Waals surface area contributed by atoms with Crippen molar-refractivity contribution in [1.29, 1.82) is 0 Å². The molecule has 3 amide bonds. The maximum Gasteiger partial charge on any atom is 0.325 e. The molecule has 3 heterocycles. The normalized spacial score (nSPS) is 16.9. The summed E-state index contributed by atoms with van der Waals surface area (Å²) in [7, 11) is 0. The Kier molecular flexibility index (Phi) is 6.96. The van der Waals surface area contributed by atoms with Crippen molar-refractivity contribution in [2.24, 2.45) is 0 Å². The number of carbonyl (C=O) groups excluding carboxylic acids is 2. The predicted octanol–water partition coefficient (Wildman–Crippen LogP) is 2.80. The smallest absolute Gasteiger partial charge is 0.325 e. The summed E-state index contributed by atoms with van der Waals surface area (Å²) in [6.07, 6.45) is 1.49. The fourth-order valence-electron chi connectivity index (χ4n) is 4.26. The number of hydrogen-bond donors (Lipinski definition) is 0. The van der Waals surface area contributed by atoms with Crippen LogP contribution in [0.1, 0.15) is 31.3 Å². The molecule has 0 atom stereocenters. The van der Waals surface area contributed by atoms with Crippen LogP contribution in [0.2, 0.25) is 0 Å². The molecule has 9 nitrogen and oxygen atoms in total. The lowest BCUT2D eigenvalue weighted by molar-refractivity contribution is -0.133. The Labute approximate surface area is 194 Å². The number of aryl methyl sites for hydroxylation is 2. The summed E-state index contributed by atoms with van der Waals surface area (Å²) >= 11 is 0. The lowest BCUT2D eigenvalue weighted by Gasteiger charge is -2.33. The number of likely N-dealkylation sites (tertiary alicyclic amines) is 1. The largest absolute Gasteiger partial charge is 0.494 e. The highest BCUT2D eigenvalue weighted by Gasteiger charge is 2.33. The van der Waals surface area contributed by atoms with Gasteiger partial charge in [-0.3, -0.25) is 9.69 Å². The second kappa shape index (κ2) is 10.1. The molecule has 2 aliphatic rings. The average Bonchev–Trinajstić information content (AvgIpc) is 3.14. The second-order valence-corrected chi connectivity index (χ2v) is 8.38. The molecule has 4 rings (SSSR count). The minimum atomic E-state index is -0.139. The van der Waals surface area contributed by atoms with Gasteiger partial charge < -0.3 is 19.3 Å². The Hall–Kier alpha value is -3.36. The Balaban J connectivity index is 1.26. The van der Waals surface area contributed by atoms with Gasteiger partial charge in [-0.25, -0.2) is 9.78 Å². The highest BCUT2D eigenvalue weighted by molar-refractivity contribution is 5.96. The first kappa shape index (κ1) is 22.8. The molecule has 2 aliphatic heterocycles. The molecule has 0 radical (unpaired) electrons. The van der Waals surface area contributed by atoms with E-state index in [-0.39, 0.29) is 24.6 Å². The van der Waals surface area contributed by atoms with Crippen LogP contribution in [0, 0.1) is 13.8 Å². The summed E-state index contributed by atoms with van der Waals surface area (Å²) in [5.74, 6) is 2.02. The van der Waals surface area contributed by atoms with Gasteiger partial charge in [0.05, 0.1) is 6.61 Å². The molecule has 1 aromatic heterocycles. The van der Waals surface area contributed by atoms with Crippen LogP contribution in [0.25, 0.3) is 0 Å². The molecule has 0 spiro atoms. The summed E-state index contributed by atoms with van der Waals surface area (Å²) < 4.78 is 11.5. The van der Waals surface area contributed by atoms with Crippen molar-refractivity contribution in [2.45, 2.75) is 39.7 Å². The summed E-state index contributed by atoms with van der Waals surface area (Å²) in [5, 5.41) is 0. The SMILES string of the molecule is CCOc1ccc(N2CCN(CC(=O)N3CCC(Oc4cc(C)nc(C)n4)CC3)C2=O)cc1. The summed E-state index contributed by atoms with van der Waals surface area (Å²) in [5.41, 5.74) is 1.69. The van der Waals surface area contributed by atoms with E-state index in [9.17, 15) is 9.59 Å². The average molecular weight is 454 g/mol. The quantitative estimate of drug-likeness (QED) is 0.641. The maximum absolute atomic E-state index is 12.9. The number of nitrogens with zero attached hydrogens (tertiary/aromatic N) is 5. The number of ether oxygens (including phenoxy) is 2. The van der Waals surface area contributed by atoms with E-state index in [1.165, 1.54) is 0 Å². The van der Waals surface area contributed by atoms with Crippen molar-refractivity contribution < 1.29 is 19.1 Å². The van der Waals surface area contributed by atoms with E-state index in [0.29, 0.717) is 44.5 Å². The van der Waals surface area contributed by atoms with Gasteiger partial charge in [-0.15, -0.1) is 0 Å². The molecule has 33 heavy (non-hydrogen) atoms. The van der Waals surface area contributed by atoms with Gasteiger partial charge in [0.2, 0.25) is 11.8 Å². The first-order valence-electron chi connectivity index (χ1n) is 11.5. The standard InChI is InChI=1S/C24H31N5O4/c1-4-32-20-7-5-19(6-8-20)29-14-13-28(24(29)31)16-23(30)27-11-9-21(10-12-27)33-22-15-17(2)25-18(3)26-22/h5-8,15,21H,4,9-14,16H2,1-3H3. The minimum absolute atomic E-state index is 0.0197. The highest BCUT2D eigenvalue weighted by Crippen LogP contribution is 2.24. The van der Waals surface area contributed by atoms with E-state index < -0.39 is 0 Å². The van der Waals surface area contributed by atoms with Gasteiger partial charge in [-0.2, -0.15) is 4.98 Å². The second-order valence-electron chi connectivity index (χ2n) is 8.38. The van der Waals surface area contributed by atoms with E-state index in [2.05, 4.69) is 9.97 Å². The molecule has 2 aromatic rings. The molecule has 1 aromatic carbocycles. The van der Waals surface area contributed by atoms with Gasteiger partial charge in [0.1, 0.15) is 24.2 Å². The number of rotatable bonds is 7. The van der Waals surface area contributed by atoms with Gasteiger partial charge in [0.25, 0.3) is 0 Å². The monoisotopic (exact) mass is 453 g/mol. The van der Waals surface area contributed by atoms with Crippen molar-refractivity contribution in [1.82, 2.24) is 19.8 Å². The number of benzene rings is 1. The Morgan fingerprint density at radius 2 is 1.79 bits per heavy atom. The molecular formula is C24H31N5O4. The number of aromatic nitrogens is 2. The number of urea groups is 1. The van der Waals surface area contributed by atoms with Crippen LogP contribution >= 0.6 is 0 Å². The van der Waals surface area contributed by atoms with Crippen molar-refractivity contribution >= 4 is 17.6 Å². The van der Waals surface area contributed by atoms with Crippen LogP contribution in [0.3, 0.4) is 0 Å². The zero-order chi connectivity index (χ0) is 23.4. The predicted molar refractivity (Wildman–Crippen MR) is 124 cm³/mol. The van der Waals surface area contributed by atoms with Gasteiger partial charge in [0.15, 0.2) is 0 Å².